The fourth-order valence-electron chi connectivity index (χ4n) is 2.87. The quantitative estimate of drug-likeness (QED) is 0.431. The highest BCUT2D eigenvalue weighted by molar-refractivity contribution is 9.10. The van der Waals surface area contributed by atoms with E-state index in [0.29, 0.717) is 15.9 Å². The van der Waals surface area contributed by atoms with Gasteiger partial charge in [-0.25, -0.2) is 4.98 Å². The van der Waals surface area contributed by atoms with Gasteiger partial charge in [-0.05, 0) is 40.2 Å². The van der Waals surface area contributed by atoms with E-state index in [-0.39, 0.29) is 0 Å². The summed E-state index contributed by atoms with van der Waals surface area (Å²) in [6, 6.07) is 12.9. The van der Waals surface area contributed by atoms with Crippen LogP contribution in [0.2, 0.25) is 0 Å². The minimum absolute atomic E-state index is 0.611. The summed E-state index contributed by atoms with van der Waals surface area (Å²) in [7, 11) is 1.91. The predicted octanol–water partition coefficient (Wildman–Crippen LogP) is 5.27. The van der Waals surface area contributed by atoms with Crippen LogP contribution in [0.15, 0.2) is 53.1 Å². The molecule has 0 spiro atoms. The molecule has 122 valence electrons. The zero-order chi connectivity index (χ0) is 17.1. The number of hydrogen-bond acceptors (Lipinski definition) is 1. The van der Waals surface area contributed by atoms with Crippen LogP contribution in [-0.4, -0.2) is 14.0 Å². The molecule has 0 atom stereocenters. The molecule has 0 aliphatic rings. The summed E-state index contributed by atoms with van der Waals surface area (Å²) >= 11 is 3.55. The van der Waals surface area contributed by atoms with Crippen molar-refractivity contribution in [3.05, 3.63) is 58.7 Å². The topological polar surface area (TPSA) is 22.2 Å². The van der Waals surface area contributed by atoms with E-state index in [1.54, 1.807) is 0 Å². The van der Waals surface area contributed by atoms with Crippen molar-refractivity contribution in [2.75, 3.05) is 0 Å². The van der Waals surface area contributed by atoms with Gasteiger partial charge in [-0.1, -0.05) is 24.3 Å². The molecule has 2 aromatic heterocycles. The second-order valence-corrected chi connectivity index (χ2v) is 6.26. The molecule has 0 fully saturated rings. The summed E-state index contributed by atoms with van der Waals surface area (Å²) in [6.45, 7) is 0. The van der Waals surface area contributed by atoms with Crippen LogP contribution < -0.4 is 0 Å². The smallest absolute Gasteiger partial charge is 0.313 e. The lowest BCUT2D eigenvalue weighted by Gasteiger charge is -2.07. The number of alkyl halides is 3. The van der Waals surface area contributed by atoms with Gasteiger partial charge in [0, 0.05) is 12.6 Å². The molecular formula is C17H11BrF3N3. The maximum absolute atomic E-state index is 12.7. The first-order valence-corrected chi connectivity index (χ1v) is 7.96. The van der Waals surface area contributed by atoms with Crippen LogP contribution in [0.5, 0.6) is 0 Å². The van der Waals surface area contributed by atoms with E-state index >= 15 is 0 Å². The molecule has 0 N–H and O–H groups in total. The number of imidazole rings is 2. The van der Waals surface area contributed by atoms with Crippen molar-refractivity contribution in [2.45, 2.75) is 6.18 Å². The Morgan fingerprint density at radius 2 is 1.58 bits per heavy atom. The fraction of sp³-hybridized carbons (Fsp3) is 0.118. The van der Waals surface area contributed by atoms with E-state index in [0.717, 1.165) is 28.9 Å². The Morgan fingerprint density at radius 3 is 2.21 bits per heavy atom. The summed E-state index contributed by atoms with van der Waals surface area (Å²) < 4.78 is 42.8. The number of aryl methyl sites for hydroxylation is 1. The third-order valence-corrected chi connectivity index (χ3v) is 4.80. The lowest BCUT2D eigenvalue weighted by atomic mass is 10.1. The third kappa shape index (κ3) is 2.15. The Kier molecular flexibility index (Phi) is 3.25. The van der Waals surface area contributed by atoms with Gasteiger partial charge in [0.05, 0.1) is 16.6 Å². The highest BCUT2D eigenvalue weighted by Gasteiger charge is 2.30. The summed E-state index contributed by atoms with van der Waals surface area (Å²) in [5.41, 5.74) is 2.58. The molecule has 4 rings (SSSR count). The molecule has 0 aliphatic carbocycles. The normalized spacial score (nSPS) is 12.4. The second-order valence-electron chi connectivity index (χ2n) is 5.51. The van der Waals surface area contributed by atoms with Gasteiger partial charge in [0.1, 0.15) is 10.3 Å². The predicted molar refractivity (Wildman–Crippen MR) is 89.8 cm³/mol. The molecule has 0 aliphatic heterocycles. The number of fused-ring (bicyclic) bond motifs is 3. The van der Waals surface area contributed by atoms with Crippen molar-refractivity contribution in [3.63, 3.8) is 0 Å². The Morgan fingerprint density at radius 1 is 0.958 bits per heavy atom. The van der Waals surface area contributed by atoms with E-state index in [9.17, 15) is 13.2 Å². The third-order valence-electron chi connectivity index (χ3n) is 4.07. The Labute approximate surface area is 143 Å². The molecule has 4 aromatic rings. The fourth-order valence-corrected chi connectivity index (χ4v) is 3.54. The van der Waals surface area contributed by atoms with Crippen LogP contribution in [0.4, 0.5) is 13.2 Å². The molecule has 24 heavy (non-hydrogen) atoms. The zero-order valence-electron chi connectivity index (χ0n) is 12.5. The molecule has 0 saturated heterocycles. The lowest BCUT2D eigenvalue weighted by molar-refractivity contribution is -0.137. The van der Waals surface area contributed by atoms with Crippen LogP contribution in [0.1, 0.15) is 5.56 Å². The van der Waals surface area contributed by atoms with Gasteiger partial charge in [0.2, 0.25) is 5.78 Å². The van der Waals surface area contributed by atoms with Gasteiger partial charge in [-0.2, -0.15) is 13.2 Å². The first-order valence-electron chi connectivity index (χ1n) is 7.17. The second kappa shape index (κ2) is 5.11. The SMILES string of the molecule is Cn1c2ccccc2n2c(Br)c(-c3ccc(C(F)(F)F)cc3)nc12. The molecule has 0 unspecified atom stereocenters. The first-order chi connectivity index (χ1) is 11.4. The summed E-state index contributed by atoms with van der Waals surface area (Å²) in [6.07, 6.45) is -4.34. The number of aromatic nitrogens is 3. The number of halogens is 4. The Balaban J connectivity index is 1.92. The number of hydrogen-bond donors (Lipinski definition) is 0. The maximum atomic E-state index is 12.7. The van der Waals surface area contributed by atoms with E-state index in [4.69, 9.17) is 0 Å². The highest BCUT2D eigenvalue weighted by atomic mass is 79.9. The van der Waals surface area contributed by atoms with Gasteiger partial charge >= 0.3 is 6.18 Å². The summed E-state index contributed by atoms with van der Waals surface area (Å²) in [4.78, 5) is 4.61. The molecule has 2 aromatic carbocycles. The van der Waals surface area contributed by atoms with Gasteiger partial charge in [0.25, 0.3) is 0 Å². The molecule has 7 heteroatoms. The summed E-state index contributed by atoms with van der Waals surface area (Å²) in [5.74, 6) is 0.720. The molecule has 0 bridgehead atoms. The monoisotopic (exact) mass is 393 g/mol. The molecule has 0 amide bonds. The number of nitrogens with zero attached hydrogens (tertiary/aromatic N) is 3. The van der Waals surface area contributed by atoms with Crippen molar-refractivity contribution in [3.8, 4) is 11.3 Å². The van der Waals surface area contributed by atoms with Crippen molar-refractivity contribution in [1.29, 1.82) is 0 Å². The minimum Gasteiger partial charge on any atom is -0.313 e. The molecular weight excluding hydrogens is 383 g/mol. The standard InChI is InChI=1S/C17H11BrF3N3/c1-23-12-4-2-3-5-13(12)24-15(18)14(22-16(23)24)10-6-8-11(9-7-10)17(19,20)21/h2-9H,1H3. The zero-order valence-corrected chi connectivity index (χ0v) is 14.1. The van der Waals surface area contributed by atoms with Crippen molar-refractivity contribution in [1.82, 2.24) is 14.0 Å². The average molecular weight is 394 g/mol. The van der Waals surface area contributed by atoms with E-state index in [1.807, 2.05) is 40.3 Å². The maximum Gasteiger partial charge on any atom is 0.416 e. The number of benzene rings is 2. The van der Waals surface area contributed by atoms with Crippen LogP contribution in [0.3, 0.4) is 0 Å². The van der Waals surface area contributed by atoms with E-state index in [1.165, 1.54) is 12.1 Å². The van der Waals surface area contributed by atoms with Crippen LogP contribution in [0.25, 0.3) is 28.1 Å². The largest absolute Gasteiger partial charge is 0.416 e. The van der Waals surface area contributed by atoms with Crippen molar-refractivity contribution in [2.24, 2.45) is 7.05 Å². The lowest BCUT2D eigenvalue weighted by Crippen LogP contribution is -2.04. The van der Waals surface area contributed by atoms with Gasteiger partial charge in [-0.3, -0.25) is 4.40 Å². The molecule has 3 nitrogen and oxygen atoms in total. The molecule has 2 heterocycles. The Bertz CT molecular complexity index is 1060. The molecule has 0 saturated carbocycles. The van der Waals surface area contributed by atoms with Gasteiger partial charge in [0.15, 0.2) is 0 Å². The first kappa shape index (κ1) is 15.3. The van der Waals surface area contributed by atoms with Gasteiger partial charge in [-0.15, -0.1) is 0 Å². The van der Waals surface area contributed by atoms with Crippen LogP contribution >= 0.6 is 15.9 Å². The average Bonchev–Trinajstić information content (AvgIpc) is 3.04. The van der Waals surface area contributed by atoms with Crippen LogP contribution in [0, 0.1) is 0 Å². The van der Waals surface area contributed by atoms with Crippen LogP contribution in [-0.2, 0) is 13.2 Å². The number of para-hydroxylation sites is 2. The van der Waals surface area contributed by atoms with Crippen molar-refractivity contribution >= 4 is 32.7 Å². The minimum atomic E-state index is -4.34. The van der Waals surface area contributed by atoms with Gasteiger partial charge < -0.3 is 4.57 Å². The highest BCUT2D eigenvalue weighted by Crippen LogP contribution is 2.35. The van der Waals surface area contributed by atoms with E-state index < -0.39 is 11.7 Å². The van der Waals surface area contributed by atoms with E-state index in [2.05, 4.69) is 20.9 Å². The Hall–Kier alpha value is -2.28. The molecule has 0 radical (unpaired) electrons. The summed E-state index contributed by atoms with van der Waals surface area (Å²) in [5, 5.41) is 0. The van der Waals surface area contributed by atoms with Crippen molar-refractivity contribution < 1.29 is 13.2 Å². The number of rotatable bonds is 1.